The van der Waals surface area contributed by atoms with E-state index in [1.807, 2.05) is 12.1 Å². The van der Waals surface area contributed by atoms with Gasteiger partial charge in [-0.15, -0.1) is 10.2 Å². The molecule has 0 atom stereocenters. The third-order valence-electron chi connectivity index (χ3n) is 10.3. The molecule has 1 N–H and O–H groups in total. The number of rotatable bonds is 15. The number of thioether (sulfide) groups is 1. The van der Waals surface area contributed by atoms with Crippen LogP contribution in [-0.4, -0.2) is 44.6 Å². The summed E-state index contributed by atoms with van der Waals surface area (Å²) in [7, 11) is 0. The zero-order chi connectivity index (χ0) is 36.1. The van der Waals surface area contributed by atoms with Crippen LogP contribution in [0.3, 0.4) is 0 Å². The first-order chi connectivity index (χ1) is 23.7. The lowest BCUT2D eigenvalue weighted by molar-refractivity contribution is -0.118. The summed E-state index contributed by atoms with van der Waals surface area (Å²) in [5.74, 6) is 1.16. The van der Waals surface area contributed by atoms with Crippen molar-refractivity contribution in [3.05, 3.63) is 89.0 Å². The van der Waals surface area contributed by atoms with E-state index in [2.05, 4.69) is 137 Å². The van der Waals surface area contributed by atoms with Gasteiger partial charge >= 0.3 is 0 Å². The summed E-state index contributed by atoms with van der Waals surface area (Å²) in [6, 6.07) is 23.7. The molecular weight excluding hydrogens is 639 g/mol. The third-order valence-corrected chi connectivity index (χ3v) is 11.1. The summed E-state index contributed by atoms with van der Waals surface area (Å²) in [5, 5.41) is 13.5. The second kappa shape index (κ2) is 15.5. The maximum Gasteiger partial charge on any atom is 0.230 e. The highest BCUT2D eigenvalue weighted by Crippen LogP contribution is 2.38. The number of nitrogens with zero attached hydrogens (tertiary/aromatic N) is 4. The second-order valence-electron chi connectivity index (χ2n) is 15.7. The predicted octanol–water partition coefficient (Wildman–Crippen LogP) is 9.77. The van der Waals surface area contributed by atoms with Gasteiger partial charge in [0.2, 0.25) is 11.1 Å². The molecule has 8 heteroatoms. The first kappa shape index (κ1) is 37.3. The van der Waals surface area contributed by atoms with Crippen LogP contribution in [0.4, 0.5) is 0 Å². The zero-order valence-corrected chi connectivity index (χ0v) is 32.3. The molecule has 5 aromatic rings. The molecule has 2 aromatic heterocycles. The van der Waals surface area contributed by atoms with Gasteiger partial charge in [0.1, 0.15) is 11.3 Å². The lowest BCUT2D eigenvalue weighted by Gasteiger charge is -2.30. The van der Waals surface area contributed by atoms with E-state index in [9.17, 15) is 4.79 Å². The topological polar surface area (TPSA) is 81.9 Å². The first-order valence-electron chi connectivity index (χ1n) is 18.1. The normalized spacial score (nSPS) is 12.5. The van der Waals surface area contributed by atoms with Gasteiger partial charge in [-0.1, -0.05) is 129 Å². The van der Waals surface area contributed by atoms with Gasteiger partial charge in [0.15, 0.2) is 5.65 Å². The largest absolute Gasteiger partial charge is 0.493 e. The van der Waals surface area contributed by atoms with Gasteiger partial charge in [-0.05, 0) is 70.8 Å². The molecule has 7 nitrogen and oxygen atoms in total. The lowest BCUT2D eigenvalue weighted by atomic mass is 9.76. The Kier molecular flexibility index (Phi) is 11.6. The molecule has 2 heterocycles. The highest BCUT2D eigenvalue weighted by molar-refractivity contribution is 7.99. The van der Waals surface area contributed by atoms with E-state index < -0.39 is 0 Å². The van der Waals surface area contributed by atoms with Gasteiger partial charge in [0, 0.05) is 24.0 Å². The number of para-hydroxylation sites is 1. The molecule has 0 bridgehead atoms. The van der Waals surface area contributed by atoms with Gasteiger partial charge in [-0.25, -0.2) is 4.98 Å². The van der Waals surface area contributed by atoms with Gasteiger partial charge in [-0.3, -0.25) is 4.79 Å². The van der Waals surface area contributed by atoms with Gasteiger partial charge in [-0.2, -0.15) is 0 Å². The third kappa shape index (κ3) is 8.68. The Bertz CT molecular complexity index is 1920. The average Bonchev–Trinajstić information content (AvgIpc) is 3.41. The van der Waals surface area contributed by atoms with Crippen LogP contribution in [0.15, 0.2) is 71.9 Å². The molecule has 0 fully saturated rings. The predicted molar refractivity (Wildman–Crippen MR) is 209 cm³/mol. The quantitative estimate of drug-likeness (QED) is 0.0869. The number of nitrogens with one attached hydrogen (secondary N) is 1. The van der Waals surface area contributed by atoms with Crippen molar-refractivity contribution in [3.63, 3.8) is 0 Å². The van der Waals surface area contributed by atoms with Crippen LogP contribution in [0.5, 0.6) is 5.75 Å². The molecule has 0 aliphatic carbocycles. The molecule has 50 heavy (non-hydrogen) atoms. The van der Waals surface area contributed by atoms with E-state index in [0.717, 1.165) is 53.5 Å². The number of carbonyl (C=O) groups excluding carboxylic acids is 1. The Morgan fingerprint density at radius 1 is 0.840 bits per heavy atom. The summed E-state index contributed by atoms with van der Waals surface area (Å²) in [6.07, 6.45) is 3.81. The minimum atomic E-state index is -0.0415. The lowest BCUT2D eigenvalue weighted by Crippen LogP contribution is -2.26. The average molecular weight is 694 g/mol. The van der Waals surface area contributed by atoms with Crippen molar-refractivity contribution in [3.8, 4) is 5.75 Å². The highest BCUT2D eigenvalue weighted by Gasteiger charge is 2.26. The van der Waals surface area contributed by atoms with E-state index in [-0.39, 0.29) is 27.9 Å². The Morgan fingerprint density at radius 2 is 1.54 bits per heavy atom. The van der Waals surface area contributed by atoms with Crippen LogP contribution in [0.1, 0.15) is 110 Å². The fourth-order valence-corrected chi connectivity index (χ4v) is 6.63. The number of carbonyl (C=O) groups is 1. The molecular formula is C42H55N5O2S. The van der Waals surface area contributed by atoms with Crippen molar-refractivity contribution in [2.45, 2.75) is 116 Å². The van der Waals surface area contributed by atoms with Crippen LogP contribution in [0, 0.1) is 0 Å². The molecule has 3 aromatic carbocycles. The van der Waals surface area contributed by atoms with Crippen molar-refractivity contribution in [1.29, 1.82) is 0 Å². The van der Waals surface area contributed by atoms with E-state index in [4.69, 9.17) is 9.72 Å². The van der Waals surface area contributed by atoms with Crippen LogP contribution < -0.4 is 10.1 Å². The number of hydrogen-bond donors (Lipinski definition) is 1. The Labute approximate surface area is 303 Å². The fraction of sp³-hybridized carbons (Fsp3) is 0.476. The summed E-state index contributed by atoms with van der Waals surface area (Å²) in [5.41, 5.74) is 8.00. The Balaban J connectivity index is 1.15. The van der Waals surface area contributed by atoms with Crippen LogP contribution in [0.2, 0.25) is 0 Å². The van der Waals surface area contributed by atoms with Gasteiger partial charge in [0.05, 0.1) is 17.9 Å². The van der Waals surface area contributed by atoms with Gasteiger partial charge < -0.3 is 14.6 Å². The number of ether oxygens (including phenoxy) is 1. The molecule has 5 rings (SSSR count). The monoisotopic (exact) mass is 693 g/mol. The zero-order valence-electron chi connectivity index (χ0n) is 31.5. The first-order valence-corrected chi connectivity index (χ1v) is 19.1. The molecule has 0 unspecified atom stereocenters. The van der Waals surface area contributed by atoms with Crippen LogP contribution in [-0.2, 0) is 27.6 Å². The van der Waals surface area contributed by atoms with Crippen molar-refractivity contribution < 1.29 is 9.53 Å². The summed E-state index contributed by atoms with van der Waals surface area (Å²) in [6.45, 7) is 22.2. The minimum Gasteiger partial charge on any atom is -0.493 e. The molecule has 0 spiro atoms. The molecule has 0 saturated carbocycles. The molecule has 0 saturated heterocycles. The maximum atomic E-state index is 12.8. The number of hydrogen-bond acceptors (Lipinski definition) is 6. The number of aromatic nitrogens is 4. The highest BCUT2D eigenvalue weighted by atomic mass is 32.2. The Hall–Kier alpha value is -3.91. The fourth-order valence-electron chi connectivity index (χ4n) is 6.02. The minimum absolute atomic E-state index is 0.0273. The SMILES string of the molecule is CCC(C)(C)c1ccc(OCCCCNC(=O)CSc2nnc3c4ccccc4n(Cc4ccc(C(C)(C)C)cc4)c3n2)c(C(C)(C)CC)c1. The molecule has 0 radical (unpaired) electrons. The number of benzene rings is 3. The smallest absolute Gasteiger partial charge is 0.230 e. The molecule has 0 aliphatic rings. The van der Waals surface area contributed by atoms with E-state index in [0.29, 0.717) is 24.9 Å². The maximum absolute atomic E-state index is 12.8. The Morgan fingerprint density at radius 3 is 2.24 bits per heavy atom. The van der Waals surface area contributed by atoms with Crippen molar-refractivity contribution in [1.82, 2.24) is 25.1 Å². The number of unbranched alkanes of at least 4 members (excludes halogenated alkanes) is 1. The van der Waals surface area contributed by atoms with Crippen LogP contribution in [0.25, 0.3) is 22.1 Å². The molecule has 0 aliphatic heterocycles. The van der Waals surface area contributed by atoms with Gasteiger partial charge in [0.25, 0.3) is 0 Å². The summed E-state index contributed by atoms with van der Waals surface area (Å²) >= 11 is 1.31. The van der Waals surface area contributed by atoms with Crippen molar-refractivity contribution in [2.75, 3.05) is 18.9 Å². The van der Waals surface area contributed by atoms with Crippen molar-refractivity contribution in [2.24, 2.45) is 0 Å². The van der Waals surface area contributed by atoms with E-state index >= 15 is 0 Å². The molecule has 1 amide bonds. The van der Waals surface area contributed by atoms with E-state index in [1.165, 1.54) is 34.0 Å². The standard InChI is InChI=1S/C42H55N5O2S/c1-10-41(6,7)31-22-23-35(33(26-31)42(8,9)11-2)49-25-15-14-24-43-36(48)28-50-39-44-38-37(45-46-39)32-16-12-13-17-34(32)47(38)27-29-18-20-30(21-19-29)40(3,4)5/h12-13,16-23,26H,10-11,14-15,24-25,27-28H2,1-9H3,(H,43,48). The van der Waals surface area contributed by atoms with E-state index in [1.54, 1.807) is 0 Å². The molecule has 266 valence electrons. The second-order valence-corrected chi connectivity index (χ2v) is 16.6. The van der Waals surface area contributed by atoms with Crippen molar-refractivity contribution >= 4 is 39.7 Å². The number of amides is 1. The number of fused-ring (bicyclic) bond motifs is 3. The van der Waals surface area contributed by atoms with Crippen LogP contribution >= 0.6 is 11.8 Å². The summed E-state index contributed by atoms with van der Waals surface area (Å²) in [4.78, 5) is 17.7. The summed E-state index contributed by atoms with van der Waals surface area (Å²) < 4.78 is 8.52.